The van der Waals surface area contributed by atoms with Crippen LogP contribution in [0.1, 0.15) is 0 Å². The normalized spacial score (nSPS) is 11.2. The highest BCUT2D eigenvalue weighted by Crippen LogP contribution is 1.71. The van der Waals surface area contributed by atoms with Crippen LogP contribution in [0.15, 0.2) is 0 Å². The van der Waals surface area contributed by atoms with Crippen molar-refractivity contribution in [2.45, 2.75) is 0 Å². The molecule has 0 saturated heterocycles. The van der Waals surface area contributed by atoms with Gasteiger partial charge in [-0.05, 0) is 14.1 Å². The first-order chi connectivity index (χ1) is 3.63. The van der Waals surface area contributed by atoms with Crippen LogP contribution in [0, 0.1) is 0 Å². The summed E-state index contributed by atoms with van der Waals surface area (Å²) >= 11 is 0. The Kier molecular flexibility index (Phi) is 3.72. The van der Waals surface area contributed by atoms with Crippen LogP contribution in [-0.4, -0.2) is 37.2 Å². The second-order valence-electron chi connectivity index (χ2n) is 2.04. The van der Waals surface area contributed by atoms with Crippen LogP contribution < -0.4 is 11.7 Å². The molecular formula is C4H14N4. The zero-order valence-corrected chi connectivity index (χ0v) is 5.46. The third kappa shape index (κ3) is 5.84. The molecule has 4 heteroatoms. The molecule has 4 N–H and O–H groups in total. The SMILES string of the molecule is CN(C)CCN(N)N. The van der Waals surface area contributed by atoms with Gasteiger partial charge >= 0.3 is 0 Å². The van der Waals surface area contributed by atoms with Crippen LogP contribution in [0.25, 0.3) is 0 Å². The van der Waals surface area contributed by atoms with E-state index in [-0.39, 0.29) is 0 Å². The molecule has 8 heavy (non-hydrogen) atoms. The van der Waals surface area contributed by atoms with E-state index in [1.165, 1.54) is 5.12 Å². The highest BCUT2D eigenvalue weighted by atomic mass is 15.6. The monoisotopic (exact) mass is 118 g/mol. The fraction of sp³-hybridized carbons (Fsp3) is 1.00. The Bertz CT molecular complexity index is 44.0. The molecule has 0 aliphatic heterocycles. The van der Waals surface area contributed by atoms with Gasteiger partial charge in [-0.15, -0.1) is 0 Å². The van der Waals surface area contributed by atoms with E-state index in [1.54, 1.807) is 0 Å². The van der Waals surface area contributed by atoms with E-state index in [9.17, 15) is 0 Å². The van der Waals surface area contributed by atoms with Crippen LogP contribution >= 0.6 is 0 Å². The first kappa shape index (κ1) is 7.84. The van der Waals surface area contributed by atoms with Crippen molar-refractivity contribution in [2.24, 2.45) is 11.7 Å². The summed E-state index contributed by atoms with van der Waals surface area (Å²) in [5.74, 6) is 10.3. The van der Waals surface area contributed by atoms with Gasteiger partial charge in [0.05, 0.1) is 0 Å². The smallest absolute Gasteiger partial charge is 0.0410 e. The van der Waals surface area contributed by atoms with Crippen LogP contribution in [0.2, 0.25) is 0 Å². The molecule has 0 rings (SSSR count). The van der Waals surface area contributed by atoms with E-state index in [1.807, 2.05) is 19.0 Å². The maximum Gasteiger partial charge on any atom is 0.0410 e. The molecule has 4 nitrogen and oxygen atoms in total. The van der Waals surface area contributed by atoms with Gasteiger partial charge in [0.2, 0.25) is 0 Å². The topological polar surface area (TPSA) is 58.5 Å². The van der Waals surface area contributed by atoms with Crippen molar-refractivity contribution in [1.29, 1.82) is 0 Å². The second kappa shape index (κ2) is 3.80. The zero-order chi connectivity index (χ0) is 6.57. The van der Waals surface area contributed by atoms with Gasteiger partial charge < -0.3 is 4.90 Å². The molecule has 0 aromatic rings. The highest BCUT2D eigenvalue weighted by molar-refractivity contribution is 4.42. The molecule has 0 aliphatic carbocycles. The number of rotatable bonds is 3. The first-order valence-electron chi connectivity index (χ1n) is 2.54. The Labute approximate surface area is 50.0 Å². The lowest BCUT2D eigenvalue weighted by Crippen LogP contribution is -2.42. The zero-order valence-electron chi connectivity index (χ0n) is 5.46. The van der Waals surface area contributed by atoms with Gasteiger partial charge in [-0.3, -0.25) is 11.7 Å². The van der Waals surface area contributed by atoms with E-state index < -0.39 is 0 Å². The highest BCUT2D eigenvalue weighted by Gasteiger charge is 1.90. The van der Waals surface area contributed by atoms with Crippen molar-refractivity contribution >= 4 is 0 Å². The molecule has 0 fully saturated rings. The Morgan fingerprint density at radius 3 is 1.75 bits per heavy atom. The largest absolute Gasteiger partial charge is 0.308 e. The summed E-state index contributed by atoms with van der Waals surface area (Å²) in [6.07, 6.45) is 0. The van der Waals surface area contributed by atoms with Gasteiger partial charge in [0, 0.05) is 13.1 Å². The van der Waals surface area contributed by atoms with E-state index in [4.69, 9.17) is 11.7 Å². The maximum atomic E-state index is 5.13. The molecule has 0 unspecified atom stereocenters. The minimum atomic E-state index is 0.701. The molecule has 0 aromatic carbocycles. The molecule has 0 aromatic heterocycles. The molecule has 0 radical (unpaired) electrons. The molecule has 0 atom stereocenters. The summed E-state index contributed by atoms with van der Waals surface area (Å²) in [6, 6.07) is 0. The van der Waals surface area contributed by atoms with Crippen molar-refractivity contribution < 1.29 is 0 Å². The molecule has 0 bridgehead atoms. The van der Waals surface area contributed by atoms with Gasteiger partial charge in [-0.25, -0.2) is 0 Å². The molecule has 0 saturated carbocycles. The van der Waals surface area contributed by atoms with E-state index in [0.29, 0.717) is 6.54 Å². The van der Waals surface area contributed by atoms with Crippen LogP contribution in [0.4, 0.5) is 0 Å². The Hall–Kier alpha value is -0.160. The van der Waals surface area contributed by atoms with E-state index in [0.717, 1.165) is 6.54 Å². The minimum absolute atomic E-state index is 0.701. The van der Waals surface area contributed by atoms with Crippen LogP contribution in [0.3, 0.4) is 0 Å². The average Bonchev–Trinajstić information content (AvgIpc) is 1.61. The Morgan fingerprint density at radius 2 is 1.62 bits per heavy atom. The average molecular weight is 118 g/mol. The maximum absolute atomic E-state index is 5.13. The lowest BCUT2D eigenvalue weighted by atomic mass is 10.6. The summed E-state index contributed by atoms with van der Waals surface area (Å²) in [6.45, 7) is 1.60. The molecule has 0 amide bonds. The number of hydrazine groups is 2. The Morgan fingerprint density at radius 1 is 1.12 bits per heavy atom. The summed E-state index contributed by atoms with van der Waals surface area (Å²) in [7, 11) is 3.95. The van der Waals surface area contributed by atoms with Gasteiger partial charge in [0.15, 0.2) is 0 Å². The second-order valence-corrected chi connectivity index (χ2v) is 2.04. The molecule has 50 valence electrons. The van der Waals surface area contributed by atoms with E-state index >= 15 is 0 Å². The van der Waals surface area contributed by atoms with Crippen molar-refractivity contribution in [3.05, 3.63) is 0 Å². The summed E-state index contributed by atoms with van der Waals surface area (Å²) in [5.41, 5.74) is 0. The van der Waals surface area contributed by atoms with Crippen LogP contribution in [0.5, 0.6) is 0 Å². The van der Waals surface area contributed by atoms with E-state index in [2.05, 4.69) is 0 Å². The standard InChI is InChI=1S/C4H14N4/c1-7(2)3-4-8(5)6/h3-6H2,1-2H3. The number of hydrogen-bond donors (Lipinski definition) is 2. The van der Waals surface area contributed by atoms with Gasteiger partial charge in [-0.1, -0.05) is 0 Å². The van der Waals surface area contributed by atoms with Crippen molar-refractivity contribution in [3.8, 4) is 0 Å². The molecular weight excluding hydrogens is 104 g/mol. The number of hydrogen-bond acceptors (Lipinski definition) is 4. The first-order valence-corrected chi connectivity index (χ1v) is 2.54. The minimum Gasteiger partial charge on any atom is -0.308 e. The predicted octanol–water partition coefficient (Wildman–Crippen LogP) is -1.40. The molecule has 0 aliphatic rings. The third-order valence-corrected chi connectivity index (χ3v) is 0.805. The molecule has 0 heterocycles. The predicted molar refractivity (Wildman–Crippen MR) is 33.6 cm³/mol. The summed E-state index contributed by atoms with van der Waals surface area (Å²) < 4.78 is 0. The number of nitrogens with two attached hydrogens (primary N) is 2. The Balaban J connectivity index is 2.93. The van der Waals surface area contributed by atoms with Gasteiger partial charge in [-0.2, -0.15) is 5.12 Å². The lowest BCUT2D eigenvalue weighted by Gasteiger charge is -2.12. The van der Waals surface area contributed by atoms with Crippen molar-refractivity contribution in [1.82, 2.24) is 10.0 Å². The van der Waals surface area contributed by atoms with Crippen molar-refractivity contribution in [3.63, 3.8) is 0 Å². The van der Waals surface area contributed by atoms with Gasteiger partial charge in [0.25, 0.3) is 0 Å². The number of nitrogens with zero attached hydrogens (tertiary/aromatic N) is 2. The van der Waals surface area contributed by atoms with Gasteiger partial charge in [0.1, 0.15) is 0 Å². The number of likely N-dealkylation sites (N-methyl/N-ethyl adjacent to an activating group) is 1. The van der Waals surface area contributed by atoms with Crippen molar-refractivity contribution in [2.75, 3.05) is 27.2 Å². The quantitative estimate of drug-likeness (QED) is 0.353. The summed E-state index contributed by atoms with van der Waals surface area (Å²) in [5, 5.41) is 1.18. The summed E-state index contributed by atoms with van der Waals surface area (Å²) in [4.78, 5) is 2.02. The third-order valence-electron chi connectivity index (χ3n) is 0.805. The van der Waals surface area contributed by atoms with Crippen LogP contribution in [-0.2, 0) is 0 Å². The fourth-order valence-corrected chi connectivity index (χ4v) is 0.315. The lowest BCUT2D eigenvalue weighted by molar-refractivity contribution is 0.253. The fourth-order valence-electron chi connectivity index (χ4n) is 0.315. The molecule has 0 spiro atoms.